The summed E-state index contributed by atoms with van der Waals surface area (Å²) in [6.07, 6.45) is 10.2. The second-order valence-corrected chi connectivity index (χ2v) is 5.38. The number of nitrogens with one attached hydrogen (secondary N) is 1. The predicted molar refractivity (Wildman–Crippen MR) is 94.6 cm³/mol. The lowest BCUT2D eigenvalue weighted by molar-refractivity contribution is -0.138. The summed E-state index contributed by atoms with van der Waals surface area (Å²) < 4.78 is 10.9. The van der Waals surface area contributed by atoms with Crippen LogP contribution < -0.4 is 4.74 Å². The van der Waals surface area contributed by atoms with Gasteiger partial charge >= 0.3 is 5.97 Å². The molecule has 0 aliphatic heterocycles. The maximum atomic E-state index is 11.7. The largest absolute Gasteiger partial charge is 0.489 e. The van der Waals surface area contributed by atoms with Crippen LogP contribution in [0, 0.1) is 0 Å². The van der Waals surface area contributed by atoms with Crippen molar-refractivity contribution in [2.24, 2.45) is 0 Å². The van der Waals surface area contributed by atoms with Crippen molar-refractivity contribution in [1.82, 2.24) is 9.97 Å². The maximum absolute atomic E-state index is 11.7. The van der Waals surface area contributed by atoms with Crippen LogP contribution in [0.1, 0.15) is 16.7 Å². The number of aromatic amines is 1. The molecule has 0 saturated carbocycles. The van der Waals surface area contributed by atoms with Gasteiger partial charge in [-0.15, -0.1) is 0 Å². The second kappa shape index (κ2) is 8.49. The Labute approximate surface area is 145 Å². The van der Waals surface area contributed by atoms with Gasteiger partial charge < -0.3 is 14.5 Å². The second-order valence-electron chi connectivity index (χ2n) is 5.38. The first-order chi connectivity index (χ1) is 12.3. The maximum Gasteiger partial charge on any atom is 0.331 e. The molecule has 3 aromatic rings. The Morgan fingerprint density at radius 2 is 1.96 bits per heavy atom. The summed E-state index contributed by atoms with van der Waals surface area (Å²) in [6, 6.07) is 13.2. The third kappa shape index (κ3) is 5.35. The first kappa shape index (κ1) is 16.5. The number of H-pyrrole nitrogens is 1. The zero-order chi connectivity index (χ0) is 17.3. The van der Waals surface area contributed by atoms with Gasteiger partial charge in [0, 0.05) is 36.4 Å². The number of rotatable bonds is 7. The van der Waals surface area contributed by atoms with Gasteiger partial charge in [-0.1, -0.05) is 18.2 Å². The van der Waals surface area contributed by atoms with E-state index in [0.717, 1.165) is 22.4 Å². The van der Waals surface area contributed by atoms with Crippen molar-refractivity contribution >= 4 is 12.0 Å². The Hall–Kier alpha value is -3.34. The van der Waals surface area contributed by atoms with E-state index < -0.39 is 0 Å². The van der Waals surface area contributed by atoms with Crippen molar-refractivity contribution < 1.29 is 14.3 Å². The lowest BCUT2D eigenvalue weighted by Gasteiger charge is -2.07. The number of carbonyl (C=O) groups is 1. The zero-order valence-electron chi connectivity index (χ0n) is 13.6. The summed E-state index contributed by atoms with van der Waals surface area (Å²) in [5, 5.41) is 0. The van der Waals surface area contributed by atoms with E-state index in [2.05, 4.69) is 9.97 Å². The van der Waals surface area contributed by atoms with Crippen LogP contribution in [0.5, 0.6) is 5.75 Å². The van der Waals surface area contributed by atoms with E-state index in [4.69, 9.17) is 9.47 Å². The molecule has 2 aromatic heterocycles. The molecule has 1 N–H and O–H groups in total. The van der Waals surface area contributed by atoms with Crippen molar-refractivity contribution in [1.29, 1.82) is 0 Å². The molecule has 3 rings (SSSR count). The molecule has 0 amide bonds. The Kier molecular flexibility index (Phi) is 5.61. The van der Waals surface area contributed by atoms with Crippen LogP contribution >= 0.6 is 0 Å². The topological polar surface area (TPSA) is 64.2 Å². The standard InChI is InChI=1S/C20H18N2O3/c23-20(8-5-16-9-11-22-12-16)25-14-17-3-6-19(7-4-17)24-15-18-2-1-10-21-13-18/h1-13,22H,14-15H2/b8-5+. The van der Waals surface area contributed by atoms with Crippen molar-refractivity contribution in [2.75, 3.05) is 0 Å². The molecule has 0 unspecified atom stereocenters. The molecule has 0 saturated heterocycles. The lowest BCUT2D eigenvalue weighted by Crippen LogP contribution is -2.01. The third-order valence-corrected chi connectivity index (χ3v) is 3.47. The van der Waals surface area contributed by atoms with E-state index in [9.17, 15) is 4.79 Å². The number of nitrogens with zero attached hydrogens (tertiary/aromatic N) is 1. The molecule has 1 aromatic carbocycles. The van der Waals surface area contributed by atoms with Gasteiger partial charge in [-0.3, -0.25) is 4.98 Å². The molecular formula is C20H18N2O3. The number of hydrogen-bond acceptors (Lipinski definition) is 4. The number of aromatic nitrogens is 2. The molecule has 0 bridgehead atoms. The van der Waals surface area contributed by atoms with Crippen LogP contribution in [0.2, 0.25) is 0 Å². The van der Waals surface area contributed by atoms with Crippen LogP contribution in [-0.2, 0) is 22.7 Å². The van der Waals surface area contributed by atoms with Gasteiger partial charge in [0.2, 0.25) is 0 Å². The highest BCUT2D eigenvalue weighted by atomic mass is 16.5. The minimum atomic E-state index is -0.377. The monoisotopic (exact) mass is 334 g/mol. The summed E-state index contributed by atoms with van der Waals surface area (Å²) in [4.78, 5) is 18.7. The Morgan fingerprint density at radius 3 is 2.68 bits per heavy atom. The molecule has 126 valence electrons. The average molecular weight is 334 g/mol. The van der Waals surface area contributed by atoms with Crippen LogP contribution in [-0.4, -0.2) is 15.9 Å². The molecule has 0 fully saturated rings. The highest BCUT2D eigenvalue weighted by Gasteiger charge is 2.01. The minimum absolute atomic E-state index is 0.221. The molecule has 0 aliphatic carbocycles. The molecular weight excluding hydrogens is 316 g/mol. The quantitative estimate of drug-likeness (QED) is 0.528. The van der Waals surface area contributed by atoms with Gasteiger partial charge in [-0.2, -0.15) is 0 Å². The van der Waals surface area contributed by atoms with Crippen LogP contribution in [0.25, 0.3) is 6.08 Å². The van der Waals surface area contributed by atoms with Gasteiger partial charge in [0.15, 0.2) is 0 Å². The summed E-state index contributed by atoms with van der Waals surface area (Å²) >= 11 is 0. The molecule has 0 radical (unpaired) electrons. The normalized spacial score (nSPS) is 10.7. The number of ether oxygens (including phenoxy) is 2. The van der Waals surface area contributed by atoms with E-state index in [-0.39, 0.29) is 12.6 Å². The molecule has 0 aliphatic rings. The lowest BCUT2D eigenvalue weighted by atomic mass is 10.2. The van der Waals surface area contributed by atoms with E-state index in [1.807, 2.05) is 42.5 Å². The molecule has 0 atom stereocenters. The molecule has 2 heterocycles. The highest BCUT2D eigenvalue weighted by molar-refractivity contribution is 5.86. The average Bonchev–Trinajstić information content (AvgIpc) is 3.18. The number of pyridine rings is 1. The van der Waals surface area contributed by atoms with E-state index in [0.29, 0.717) is 6.61 Å². The van der Waals surface area contributed by atoms with E-state index >= 15 is 0 Å². The molecule has 5 heteroatoms. The van der Waals surface area contributed by atoms with E-state index in [1.54, 1.807) is 30.9 Å². The molecule has 0 spiro atoms. The fourth-order valence-corrected chi connectivity index (χ4v) is 2.14. The van der Waals surface area contributed by atoms with Gasteiger partial charge in [0.1, 0.15) is 19.0 Å². The Bertz CT molecular complexity index is 810. The first-order valence-electron chi connectivity index (χ1n) is 7.88. The fourth-order valence-electron chi connectivity index (χ4n) is 2.14. The minimum Gasteiger partial charge on any atom is -0.489 e. The summed E-state index contributed by atoms with van der Waals surface area (Å²) in [5.41, 5.74) is 2.83. The summed E-state index contributed by atoms with van der Waals surface area (Å²) in [7, 11) is 0. The molecule has 5 nitrogen and oxygen atoms in total. The number of benzene rings is 1. The van der Waals surface area contributed by atoms with Crippen LogP contribution in [0.15, 0.2) is 73.3 Å². The zero-order valence-corrected chi connectivity index (χ0v) is 13.6. The molecule has 25 heavy (non-hydrogen) atoms. The Morgan fingerprint density at radius 1 is 1.08 bits per heavy atom. The van der Waals surface area contributed by atoms with Gasteiger partial charge in [0.05, 0.1) is 0 Å². The van der Waals surface area contributed by atoms with Crippen molar-refractivity contribution in [3.05, 3.63) is 90.0 Å². The predicted octanol–water partition coefficient (Wildman–Crippen LogP) is 3.75. The van der Waals surface area contributed by atoms with Crippen LogP contribution in [0.3, 0.4) is 0 Å². The highest BCUT2D eigenvalue weighted by Crippen LogP contribution is 2.14. The van der Waals surface area contributed by atoms with Gasteiger partial charge in [-0.05, 0) is 41.5 Å². The van der Waals surface area contributed by atoms with Gasteiger partial charge in [0.25, 0.3) is 0 Å². The van der Waals surface area contributed by atoms with Crippen molar-refractivity contribution in [3.63, 3.8) is 0 Å². The fraction of sp³-hybridized carbons (Fsp3) is 0.100. The van der Waals surface area contributed by atoms with Crippen molar-refractivity contribution in [2.45, 2.75) is 13.2 Å². The number of esters is 1. The Balaban J connectivity index is 1.45. The number of hydrogen-bond donors (Lipinski definition) is 1. The number of carbonyl (C=O) groups excluding carboxylic acids is 1. The smallest absolute Gasteiger partial charge is 0.331 e. The van der Waals surface area contributed by atoms with E-state index in [1.165, 1.54) is 6.08 Å². The SMILES string of the molecule is O=C(/C=C/c1cc[nH]c1)OCc1ccc(OCc2cccnc2)cc1. The third-order valence-electron chi connectivity index (χ3n) is 3.47. The van der Waals surface area contributed by atoms with Crippen LogP contribution in [0.4, 0.5) is 0 Å². The summed E-state index contributed by atoms with van der Waals surface area (Å²) in [5.74, 6) is 0.379. The van der Waals surface area contributed by atoms with Gasteiger partial charge in [-0.25, -0.2) is 4.79 Å². The summed E-state index contributed by atoms with van der Waals surface area (Å²) in [6.45, 7) is 0.686. The first-order valence-corrected chi connectivity index (χ1v) is 7.88. The van der Waals surface area contributed by atoms with Crippen molar-refractivity contribution in [3.8, 4) is 5.75 Å².